The summed E-state index contributed by atoms with van der Waals surface area (Å²) in [4.78, 5) is 16.8. The zero-order valence-electron chi connectivity index (χ0n) is 13.8. The van der Waals surface area contributed by atoms with Crippen molar-refractivity contribution < 1.29 is 14.4 Å². The molecule has 0 aliphatic rings. The molecule has 1 N–H and O–H groups in total. The molecule has 0 aromatic heterocycles. The lowest BCUT2D eigenvalue weighted by Gasteiger charge is -2.13. The summed E-state index contributed by atoms with van der Waals surface area (Å²) < 4.78 is 5.83. The number of carbonyl (C=O) groups is 1. The van der Waals surface area contributed by atoms with Gasteiger partial charge < -0.3 is 14.9 Å². The number of nitrogens with one attached hydrogen (secondary N) is 1. The molecule has 0 saturated heterocycles. The van der Waals surface area contributed by atoms with Gasteiger partial charge in [-0.15, -0.1) is 0 Å². The number of oxime groups is 1. The minimum absolute atomic E-state index is 0.189. The van der Waals surface area contributed by atoms with E-state index in [-0.39, 0.29) is 18.2 Å². The van der Waals surface area contributed by atoms with Gasteiger partial charge in [0.2, 0.25) is 0 Å². The largest absolute Gasteiger partial charge is 0.487 e. The predicted molar refractivity (Wildman–Crippen MR) is 94.6 cm³/mol. The first-order valence-corrected chi connectivity index (χ1v) is 7.75. The maximum Gasteiger partial charge on any atom is 0.273 e. The van der Waals surface area contributed by atoms with Gasteiger partial charge in [-0.3, -0.25) is 4.79 Å². The molecule has 0 aliphatic carbocycles. The van der Waals surface area contributed by atoms with Crippen molar-refractivity contribution in [1.82, 2.24) is 5.32 Å². The number of likely N-dealkylation sites (N-methyl/N-ethyl adjacent to an activating group) is 1. The second kappa shape index (κ2) is 8.36. The summed E-state index contributed by atoms with van der Waals surface area (Å²) in [5.74, 6) is 0.259. The van der Waals surface area contributed by atoms with Crippen LogP contribution in [-0.4, -0.2) is 25.8 Å². The standard InChI is InChI=1S/C18H19ClN2O3/c1-12-8-9-15(19)16(10-12)24-11-13-6-4-5-7-14(13)17(21-23-3)18(22)20-2/h4-10H,11H2,1-3H3,(H,20,22). The number of hydrogen-bond acceptors (Lipinski definition) is 4. The molecule has 0 atom stereocenters. The molecule has 2 aromatic rings. The van der Waals surface area contributed by atoms with Gasteiger partial charge >= 0.3 is 0 Å². The van der Waals surface area contributed by atoms with Crippen LogP contribution in [0.15, 0.2) is 47.6 Å². The monoisotopic (exact) mass is 346 g/mol. The molecule has 0 spiro atoms. The first kappa shape index (κ1) is 17.8. The number of benzene rings is 2. The Hall–Kier alpha value is -2.53. The molecule has 126 valence electrons. The Morgan fingerprint density at radius 1 is 1.25 bits per heavy atom. The Morgan fingerprint density at radius 2 is 2.00 bits per heavy atom. The van der Waals surface area contributed by atoms with Crippen molar-refractivity contribution in [2.24, 2.45) is 5.16 Å². The van der Waals surface area contributed by atoms with Crippen molar-refractivity contribution >= 4 is 23.2 Å². The minimum Gasteiger partial charge on any atom is -0.487 e. The Bertz CT molecular complexity index is 760. The van der Waals surface area contributed by atoms with E-state index in [1.54, 1.807) is 19.2 Å². The highest BCUT2D eigenvalue weighted by atomic mass is 35.5. The summed E-state index contributed by atoms with van der Waals surface area (Å²) in [6, 6.07) is 12.9. The zero-order valence-corrected chi connectivity index (χ0v) is 14.6. The fourth-order valence-electron chi connectivity index (χ4n) is 2.18. The zero-order chi connectivity index (χ0) is 17.5. The van der Waals surface area contributed by atoms with Crippen LogP contribution in [0, 0.1) is 6.92 Å². The van der Waals surface area contributed by atoms with Gasteiger partial charge in [0.05, 0.1) is 5.02 Å². The van der Waals surface area contributed by atoms with E-state index in [1.807, 2.05) is 37.3 Å². The molecule has 0 fully saturated rings. The Balaban J connectivity index is 2.30. The molecule has 24 heavy (non-hydrogen) atoms. The summed E-state index contributed by atoms with van der Waals surface area (Å²) in [5, 5.41) is 6.93. The fraction of sp³-hybridized carbons (Fsp3) is 0.222. The summed E-state index contributed by atoms with van der Waals surface area (Å²) in [6.45, 7) is 2.21. The van der Waals surface area contributed by atoms with Crippen LogP contribution in [0.4, 0.5) is 0 Å². The molecule has 2 rings (SSSR count). The highest BCUT2D eigenvalue weighted by molar-refractivity contribution is 6.45. The van der Waals surface area contributed by atoms with Crippen LogP contribution in [0.3, 0.4) is 0 Å². The van der Waals surface area contributed by atoms with Crippen molar-refractivity contribution in [1.29, 1.82) is 0 Å². The van der Waals surface area contributed by atoms with Crippen LogP contribution in [0.5, 0.6) is 5.75 Å². The molecular formula is C18H19ClN2O3. The third-order valence-electron chi connectivity index (χ3n) is 3.37. The minimum atomic E-state index is -0.335. The van der Waals surface area contributed by atoms with Crippen LogP contribution in [0.1, 0.15) is 16.7 Å². The van der Waals surface area contributed by atoms with E-state index in [1.165, 1.54) is 7.11 Å². The maximum absolute atomic E-state index is 12.0. The number of amides is 1. The fourth-order valence-corrected chi connectivity index (χ4v) is 2.35. The molecule has 1 amide bonds. The Labute approximate surface area is 146 Å². The number of hydrogen-bond donors (Lipinski definition) is 1. The quantitative estimate of drug-likeness (QED) is 0.644. The first-order chi connectivity index (χ1) is 11.6. The van der Waals surface area contributed by atoms with Crippen LogP contribution >= 0.6 is 11.6 Å². The second-order valence-electron chi connectivity index (χ2n) is 5.08. The molecular weight excluding hydrogens is 328 g/mol. The number of halogens is 1. The molecule has 0 radical (unpaired) electrons. The maximum atomic E-state index is 12.0. The number of aryl methyl sites for hydroxylation is 1. The van der Waals surface area contributed by atoms with Gasteiger partial charge in [-0.05, 0) is 30.2 Å². The van der Waals surface area contributed by atoms with E-state index in [9.17, 15) is 4.79 Å². The van der Waals surface area contributed by atoms with Gasteiger partial charge in [-0.2, -0.15) is 0 Å². The lowest BCUT2D eigenvalue weighted by molar-refractivity contribution is -0.114. The highest BCUT2D eigenvalue weighted by Crippen LogP contribution is 2.26. The third-order valence-corrected chi connectivity index (χ3v) is 3.68. The van der Waals surface area contributed by atoms with Crippen LogP contribution in [0.25, 0.3) is 0 Å². The van der Waals surface area contributed by atoms with E-state index in [0.29, 0.717) is 16.3 Å². The van der Waals surface area contributed by atoms with Crippen molar-refractivity contribution in [3.63, 3.8) is 0 Å². The molecule has 0 aliphatic heterocycles. The number of ether oxygens (including phenoxy) is 1. The van der Waals surface area contributed by atoms with Crippen LogP contribution in [0.2, 0.25) is 5.02 Å². The highest BCUT2D eigenvalue weighted by Gasteiger charge is 2.17. The smallest absolute Gasteiger partial charge is 0.273 e. The number of carbonyl (C=O) groups excluding carboxylic acids is 1. The predicted octanol–water partition coefficient (Wildman–Crippen LogP) is 3.32. The molecule has 2 aromatic carbocycles. The normalized spacial score (nSPS) is 11.1. The van der Waals surface area contributed by atoms with Gasteiger partial charge in [-0.1, -0.05) is 47.1 Å². The molecule has 5 nitrogen and oxygen atoms in total. The van der Waals surface area contributed by atoms with Crippen molar-refractivity contribution in [2.75, 3.05) is 14.2 Å². The second-order valence-corrected chi connectivity index (χ2v) is 5.49. The van der Waals surface area contributed by atoms with E-state index in [4.69, 9.17) is 21.2 Å². The summed E-state index contributed by atoms with van der Waals surface area (Å²) in [7, 11) is 2.94. The average Bonchev–Trinajstić information content (AvgIpc) is 2.60. The van der Waals surface area contributed by atoms with Crippen molar-refractivity contribution in [3.05, 3.63) is 64.2 Å². The number of rotatable bonds is 6. The van der Waals surface area contributed by atoms with E-state index < -0.39 is 0 Å². The van der Waals surface area contributed by atoms with Crippen molar-refractivity contribution in [3.8, 4) is 5.75 Å². The lowest BCUT2D eigenvalue weighted by Crippen LogP contribution is -2.29. The van der Waals surface area contributed by atoms with Crippen LogP contribution in [-0.2, 0) is 16.2 Å². The van der Waals surface area contributed by atoms with Gasteiger partial charge in [0.1, 0.15) is 19.5 Å². The number of nitrogens with zero attached hydrogens (tertiary/aromatic N) is 1. The average molecular weight is 347 g/mol. The van der Waals surface area contributed by atoms with Crippen LogP contribution < -0.4 is 10.1 Å². The molecule has 0 saturated carbocycles. The van der Waals surface area contributed by atoms with E-state index >= 15 is 0 Å². The summed E-state index contributed by atoms with van der Waals surface area (Å²) in [5.41, 5.74) is 2.68. The van der Waals surface area contributed by atoms with Gasteiger partial charge in [0.15, 0.2) is 5.71 Å². The Kier molecular flexibility index (Phi) is 6.21. The lowest BCUT2D eigenvalue weighted by atomic mass is 10.0. The molecule has 0 unspecified atom stereocenters. The van der Waals surface area contributed by atoms with Crippen molar-refractivity contribution in [2.45, 2.75) is 13.5 Å². The SMILES string of the molecule is CNC(=O)C(=NOC)c1ccccc1COc1cc(C)ccc1Cl. The van der Waals surface area contributed by atoms with E-state index in [0.717, 1.165) is 11.1 Å². The molecule has 6 heteroatoms. The summed E-state index contributed by atoms with van der Waals surface area (Å²) in [6.07, 6.45) is 0. The Morgan fingerprint density at radius 3 is 2.71 bits per heavy atom. The topological polar surface area (TPSA) is 59.9 Å². The van der Waals surface area contributed by atoms with E-state index in [2.05, 4.69) is 10.5 Å². The molecule has 0 heterocycles. The third kappa shape index (κ3) is 4.26. The van der Waals surface area contributed by atoms with Gasteiger partial charge in [0, 0.05) is 12.6 Å². The van der Waals surface area contributed by atoms with Gasteiger partial charge in [-0.25, -0.2) is 0 Å². The molecule has 0 bridgehead atoms. The first-order valence-electron chi connectivity index (χ1n) is 7.37. The summed E-state index contributed by atoms with van der Waals surface area (Å²) >= 11 is 6.15. The van der Waals surface area contributed by atoms with Gasteiger partial charge in [0.25, 0.3) is 5.91 Å².